The monoisotopic (exact) mass is 447 g/mol. The molecule has 0 saturated heterocycles. The van der Waals surface area contributed by atoms with Crippen molar-refractivity contribution in [1.82, 2.24) is 29.9 Å². The molecule has 8 nitrogen and oxygen atoms in total. The van der Waals surface area contributed by atoms with E-state index in [1.165, 1.54) is 0 Å². The maximum Gasteiger partial charge on any atom is 0.274 e. The zero-order chi connectivity index (χ0) is 23.5. The van der Waals surface area contributed by atoms with E-state index in [0.29, 0.717) is 24.2 Å². The molecule has 0 spiro atoms. The Morgan fingerprint density at radius 1 is 1.03 bits per heavy atom. The number of fused-ring (bicyclic) bond motifs is 1. The molecule has 0 fully saturated rings. The number of aromatic nitrogens is 5. The minimum atomic E-state index is -0.253. The van der Waals surface area contributed by atoms with Gasteiger partial charge in [-0.25, -0.2) is 4.98 Å². The second-order valence-electron chi connectivity index (χ2n) is 7.95. The van der Waals surface area contributed by atoms with Gasteiger partial charge >= 0.3 is 0 Å². The standard InChI is InChI=1S/C26H21N7O/c1-32-24(14-18-5-3-2-4-6-18)25(30-31-32)26(34)28-16-19-7-10-21(11-8-19)33-17-29-22-13-20(15-27)9-12-23(22)33/h2-13,17H,14,16H2,1H3,(H,28,34). The van der Waals surface area contributed by atoms with Crippen molar-refractivity contribution in [3.63, 3.8) is 0 Å². The van der Waals surface area contributed by atoms with E-state index in [1.54, 1.807) is 30.2 Å². The van der Waals surface area contributed by atoms with E-state index in [0.717, 1.165) is 33.5 Å². The van der Waals surface area contributed by atoms with Crippen molar-refractivity contribution in [3.05, 3.63) is 107 Å². The Labute approximate surface area is 196 Å². The first-order valence-electron chi connectivity index (χ1n) is 10.8. The van der Waals surface area contributed by atoms with Crippen LogP contribution in [0.5, 0.6) is 0 Å². The van der Waals surface area contributed by atoms with Gasteiger partial charge in [-0.2, -0.15) is 5.26 Å². The lowest BCUT2D eigenvalue weighted by atomic mass is 10.1. The van der Waals surface area contributed by atoms with E-state index in [9.17, 15) is 4.79 Å². The number of nitrogens with zero attached hydrogens (tertiary/aromatic N) is 6. The molecule has 0 radical (unpaired) electrons. The summed E-state index contributed by atoms with van der Waals surface area (Å²) in [6.45, 7) is 0.372. The van der Waals surface area contributed by atoms with Crippen LogP contribution < -0.4 is 5.32 Å². The molecule has 1 N–H and O–H groups in total. The number of hydrogen-bond donors (Lipinski definition) is 1. The van der Waals surface area contributed by atoms with Crippen LogP contribution in [0.4, 0.5) is 0 Å². The number of nitriles is 1. The largest absolute Gasteiger partial charge is 0.347 e. The number of aryl methyl sites for hydroxylation is 1. The molecule has 0 aliphatic heterocycles. The molecule has 0 aliphatic carbocycles. The number of benzene rings is 3. The highest BCUT2D eigenvalue weighted by Gasteiger charge is 2.18. The molecule has 5 rings (SSSR count). The normalized spacial score (nSPS) is 10.8. The summed E-state index contributed by atoms with van der Waals surface area (Å²) in [5, 5.41) is 20.1. The zero-order valence-electron chi connectivity index (χ0n) is 18.5. The van der Waals surface area contributed by atoms with Gasteiger partial charge in [-0.05, 0) is 41.5 Å². The average molecular weight is 448 g/mol. The Kier molecular flexibility index (Phi) is 5.58. The molecule has 166 valence electrons. The molecular weight excluding hydrogens is 426 g/mol. The highest BCUT2D eigenvalue weighted by atomic mass is 16.2. The maximum absolute atomic E-state index is 12.8. The van der Waals surface area contributed by atoms with Crippen molar-refractivity contribution >= 4 is 16.9 Å². The quantitative estimate of drug-likeness (QED) is 0.429. The molecule has 3 aromatic carbocycles. The van der Waals surface area contributed by atoms with Crippen molar-refractivity contribution in [1.29, 1.82) is 5.26 Å². The Balaban J connectivity index is 1.28. The molecule has 0 bridgehead atoms. The molecule has 5 aromatic rings. The summed E-state index contributed by atoms with van der Waals surface area (Å²) in [7, 11) is 1.79. The second-order valence-corrected chi connectivity index (χ2v) is 7.95. The van der Waals surface area contributed by atoms with Crippen LogP contribution in [-0.2, 0) is 20.0 Å². The lowest BCUT2D eigenvalue weighted by Crippen LogP contribution is -2.24. The first-order chi connectivity index (χ1) is 16.6. The van der Waals surface area contributed by atoms with Crippen LogP contribution in [0.1, 0.15) is 32.9 Å². The molecular formula is C26H21N7O. The first-order valence-corrected chi connectivity index (χ1v) is 10.8. The van der Waals surface area contributed by atoms with Gasteiger partial charge in [0.2, 0.25) is 0 Å². The third-order valence-corrected chi connectivity index (χ3v) is 5.72. The van der Waals surface area contributed by atoms with Gasteiger partial charge < -0.3 is 5.32 Å². The number of nitrogens with one attached hydrogen (secondary N) is 1. The Morgan fingerprint density at radius 3 is 2.59 bits per heavy atom. The number of rotatable bonds is 6. The summed E-state index contributed by atoms with van der Waals surface area (Å²) >= 11 is 0. The van der Waals surface area contributed by atoms with Crippen LogP contribution in [0.2, 0.25) is 0 Å². The van der Waals surface area contributed by atoms with Crippen molar-refractivity contribution in [2.45, 2.75) is 13.0 Å². The minimum absolute atomic E-state index is 0.253. The SMILES string of the molecule is Cn1nnc(C(=O)NCc2ccc(-n3cnc4cc(C#N)ccc43)cc2)c1Cc1ccccc1. The van der Waals surface area contributed by atoms with Crippen LogP contribution in [-0.4, -0.2) is 30.5 Å². The topological polar surface area (TPSA) is 101 Å². The van der Waals surface area contributed by atoms with Crippen molar-refractivity contribution in [2.24, 2.45) is 7.05 Å². The molecule has 2 aromatic heterocycles. The van der Waals surface area contributed by atoms with E-state index in [1.807, 2.05) is 65.2 Å². The molecule has 34 heavy (non-hydrogen) atoms. The van der Waals surface area contributed by atoms with Crippen molar-refractivity contribution < 1.29 is 4.79 Å². The van der Waals surface area contributed by atoms with Crippen molar-refractivity contribution in [2.75, 3.05) is 0 Å². The van der Waals surface area contributed by atoms with Gasteiger partial charge in [0, 0.05) is 25.7 Å². The predicted molar refractivity (Wildman–Crippen MR) is 127 cm³/mol. The first kappa shape index (κ1) is 21.1. The van der Waals surface area contributed by atoms with Crippen LogP contribution in [0, 0.1) is 11.3 Å². The predicted octanol–water partition coefficient (Wildman–Crippen LogP) is 3.55. The van der Waals surface area contributed by atoms with E-state index in [4.69, 9.17) is 5.26 Å². The fraction of sp³-hybridized carbons (Fsp3) is 0.115. The Morgan fingerprint density at radius 2 is 1.82 bits per heavy atom. The van der Waals surface area contributed by atoms with Crippen LogP contribution >= 0.6 is 0 Å². The number of imidazole rings is 1. The Bertz CT molecular complexity index is 1510. The lowest BCUT2D eigenvalue weighted by molar-refractivity contribution is 0.0945. The number of hydrogen-bond acceptors (Lipinski definition) is 5. The summed E-state index contributed by atoms with van der Waals surface area (Å²) in [5.41, 5.74) is 6.38. The molecule has 1 amide bonds. The number of carbonyl (C=O) groups is 1. The summed E-state index contributed by atoms with van der Waals surface area (Å²) < 4.78 is 3.61. The number of amides is 1. The molecule has 0 saturated carbocycles. The van der Waals surface area contributed by atoms with Gasteiger partial charge in [-0.15, -0.1) is 5.10 Å². The van der Waals surface area contributed by atoms with Gasteiger partial charge in [-0.3, -0.25) is 14.0 Å². The van der Waals surface area contributed by atoms with E-state index in [2.05, 4.69) is 26.7 Å². The summed E-state index contributed by atoms with van der Waals surface area (Å²) in [5.74, 6) is -0.253. The number of carbonyl (C=O) groups excluding carboxylic acids is 1. The maximum atomic E-state index is 12.8. The van der Waals surface area contributed by atoms with Gasteiger partial charge in [0.25, 0.3) is 5.91 Å². The van der Waals surface area contributed by atoms with Crippen LogP contribution in [0.3, 0.4) is 0 Å². The van der Waals surface area contributed by atoms with Crippen LogP contribution in [0.25, 0.3) is 16.7 Å². The summed E-state index contributed by atoms with van der Waals surface area (Å²) in [6.07, 6.45) is 2.32. The van der Waals surface area contributed by atoms with Gasteiger partial charge in [0.1, 0.15) is 6.33 Å². The van der Waals surface area contributed by atoms with E-state index in [-0.39, 0.29) is 5.91 Å². The molecule has 0 unspecified atom stereocenters. The third-order valence-electron chi connectivity index (χ3n) is 5.72. The Hall–Kier alpha value is -4.77. The third kappa shape index (κ3) is 4.14. The molecule has 0 atom stereocenters. The highest BCUT2D eigenvalue weighted by Crippen LogP contribution is 2.20. The highest BCUT2D eigenvalue weighted by molar-refractivity contribution is 5.93. The van der Waals surface area contributed by atoms with Crippen molar-refractivity contribution in [3.8, 4) is 11.8 Å². The summed E-state index contributed by atoms with van der Waals surface area (Å²) in [6, 6.07) is 25.4. The second kappa shape index (κ2) is 9.00. The van der Waals surface area contributed by atoms with E-state index < -0.39 is 0 Å². The van der Waals surface area contributed by atoms with Gasteiger partial charge in [-0.1, -0.05) is 47.7 Å². The summed E-state index contributed by atoms with van der Waals surface area (Å²) in [4.78, 5) is 17.2. The van der Waals surface area contributed by atoms with Crippen LogP contribution in [0.15, 0.2) is 79.1 Å². The fourth-order valence-corrected chi connectivity index (χ4v) is 3.87. The minimum Gasteiger partial charge on any atom is -0.347 e. The van der Waals surface area contributed by atoms with E-state index >= 15 is 0 Å². The zero-order valence-corrected chi connectivity index (χ0v) is 18.5. The molecule has 2 heterocycles. The average Bonchev–Trinajstić information content (AvgIpc) is 3.46. The molecule has 0 aliphatic rings. The van der Waals surface area contributed by atoms with Gasteiger partial charge in [0.15, 0.2) is 5.69 Å². The molecule has 8 heteroatoms. The lowest BCUT2D eigenvalue weighted by Gasteiger charge is -2.08. The van der Waals surface area contributed by atoms with Gasteiger partial charge in [0.05, 0.1) is 28.4 Å². The smallest absolute Gasteiger partial charge is 0.274 e. The fourth-order valence-electron chi connectivity index (χ4n) is 3.87.